The highest BCUT2D eigenvalue weighted by Crippen LogP contribution is 2.37. The average molecular weight is 837 g/mol. The van der Waals surface area contributed by atoms with Crippen molar-refractivity contribution in [2.75, 3.05) is 0 Å². The van der Waals surface area contributed by atoms with Crippen molar-refractivity contribution in [2.45, 2.75) is 110 Å². The van der Waals surface area contributed by atoms with Crippen molar-refractivity contribution in [3.63, 3.8) is 0 Å². The van der Waals surface area contributed by atoms with Crippen molar-refractivity contribution in [3.8, 4) is 33.8 Å². The van der Waals surface area contributed by atoms with Gasteiger partial charge < -0.3 is 23.4 Å². The number of benzene rings is 4. The van der Waals surface area contributed by atoms with Crippen LogP contribution >= 0.6 is 0 Å². The molecule has 0 aliphatic heterocycles. The smallest absolute Gasteiger partial charge is 0.422 e. The number of alkyl halides is 6. The SMILES string of the molecule is CCCCCc1ccc(-c2cc3ccc(CCC(O)CCc4ccc5cc(-c6ccc(CCCCC)cc6OC(F)(F)F)c(=O)oc5c4)cc3oc2=O)c(OC(F)(F)F)c1. The molecule has 0 spiro atoms. The molecular weight excluding hydrogens is 790 g/mol. The summed E-state index contributed by atoms with van der Waals surface area (Å²) in [6.45, 7) is 4.06. The molecule has 0 unspecified atom stereocenters. The van der Waals surface area contributed by atoms with E-state index < -0.39 is 41.6 Å². The van der Waals surface area contributed by atoms with Gasteiger partial charge in [-0.3, -0.25) is 0 Å². The summed E-state index contributed by atoms with van der Waals surface area (Å²) in [5.41, 5.74) is 1.54. The van der Waals surface area contributed by atoms with E-state index in [-0.39, 0.29) is 33.4 Å². The number of unbranched alkanes of at least 4 members (excludes halogenated alkanes) is 4. The predicted molar refractivity (Wildman–Crippen MR) is 218 cm³/mol. The number of aliphatic hydroxyl groups excluding tert-OH is 1. The lowest BCUT2D eigenvalue weighted by atomic mass is 9.98. The zero-order valence-electron chi connectivity index (χ0n) is 33.3. The van der Waals surface area contributed by atoms with Gasteiger partial charge >= 0.3 is 24.0 Å². The molecule has 318 valence electrons. The van der Waals surface area contributed by atoms with Crippen LogP contribution < -0.4 is 20.7 Å². The van der Waals surface area contributed by atoms with Crippen molar-refractivity contribution < 1.29 is 49.8 Å². The lowest BCUT2D eigenvalue weighted by Crippen LogP contribution is -2.18. The second-order valence-electron chi connectivity index (χ2n) is 15.0. The molecule has 0 aliphatic carbocycles. The van der Waals surface area contributed by atoms with Gasteiger partial charge in [-0.2, -0.15) is 0 Å². The predicted octanol–water partition coefficient (Wildman–Crippen LogP) is 12.4. The van der Waals surface area contributed by atoms with E-state index in [1.165, 1.54) is 36.4 Å². The normalized spacial score (nSPS) is 12.2. The van der Waals surface area contributed by atoms with Gasteiger partial charge in [0.05, 0.1) is 17.2 Å². The van der Waals surface area contributed by atoms with Crippen molar-refractivity contribution in [1.82, 2.24) is 0 Å². The van der Waals surface area contributed by atoms with Crippen molar-refractivity contribution in [2.24, 2.45) is 0 Å². The lowest BCUT2D eigenvalue weighted by molar-refractivity contribution is -0.275. The fourth-order valence-corrected chi connectivity index (χ4v) is 7.27. The van der Waals surface area contributed by atoms with Crippen molar-refractivity contribution in [1.29, 1.82) is 0 Å². The third-order valence-corrected chi connectivity index (χ3v) is 10.4. The van der Waals surface area contributed by atoms with E-state index in [0.717, 1.165) is 49.7 Å². The summed E-state index contributed by atoms with van der Waals surface area (Å²) in [5, 5.41) is 11.9. The topological polar surface area (TPSA) is 99.1 Å². The van der Waals surface area contributed by atoms with Crippen LogP contribution in [0.5, 0.6) is 11.5 Å². The van der Waals surface area contributed by atoms with Gasteiger partial charge in [-0.05, 0) is 110 Å². The first-order valence-corrected chi connectivity index (χ1v) is 20.2. The summed E-state index contributed by atoms with van der Waals surface area (Å²) in [6, 6.07) is 22.2. The molecule has 0 saturated carbocycles. The van der Waals surface area contributed by atoms with Gasteiger partial charge in [-0.25, -0.2) is 9.59 Å². The molecule has 0 aliphatic rings. The molecule has 13 heteroatoms. The van der Waals surface area contributed by atoms with Gasteiger partial charge in [0.25, 0.3) is 0 Å². The fraction of sp³-hybridized carbons (Fsp3) is 0.362. The van der Waals surface area contributed by atoms with Crippen LogP contribution in [0.4, 0.5) is 26.3 Å². The van der Waals surface area contributed by atoms with Gasteiger partial charge in [0.1, 0.15) is 22.7 Å². The highest BCUT2D eigenvalue weighted by Gasteiger charge is 2.34. The standard InChI is InChI=1S/C47H46F6O7/c1-3-5-7-9-29-15-21-36(42(25-29)59-46(48,49)50)38-27-33-17-11-31(23-40(33)57-44(38)55)13-19-35(54)20-14-32-12-18-34-28-39(45(56)58-41(34)24-32)37-22-16-30(10-8-6-4-2)26-43(37)60-47(51,52)53/h11-12,15-18,21-28,35,54H,3-10,13-14,19-20H2,1-2H3. The Labute approximate surface area is 342 Å². The van der Waals surface area contributed by atoms with Crippen LogP contribution in [0.25, 0.3) is 44.2 Å². The fourth-order valence-electron chi connectivity index (χ4n) is 7.27. The second kappa shape index (κ2) is 19.2. The Kier molecular flexibility index (Phi) is 14.1. The largest absolute Gasteiger partial charge is 0.573 e. The van der Waals surface area contributed by atoms with Crippen LogP contribution in [0.1, 0.15) is 87.5 Å². The van der Waals surface area contributed by atoms with E-state index in [4.69, 9.17) is 8.83 Å². The Hall–Kier alpha value is -5.56. The zero-order valence-corrected chi connectivity index (χ0v) is 33.3. The Morgan fingerprint density at radius 2 is 0.900 bits per heavy atom. The summed E-state index contributed by atoms with van der Waals surface area (Å²) in [7, 11) is 0. The molecular formula is C47H46F6O7. The average Bonchev–Trinajstić information content (AvgIpc) is 3.18. The van der Waals surface area contributed by atoms with Crippen LogP contribution in [0.3, 0.4) is 0 Å². The van der Waals surface area contributed by atoms with Crippen LogP contribution in [-0.4, -0.2) is 23.9 Å². The maximum atomic E-state index is 13.4. The summed E-state index contributed by atoms with van der Waals surface area (Å²) >= 11 is 0. The van der Waals surface area contributed by atoms with Crippen LogP contribution in [0.15, 0.2) is 103 Å². The molecule has 6 aromatic rings. The zero-order chi connectivity index (χ0) is 43.0. The summed E-state index contributed by atoms with van der Waals surface area (Å²) in [4.78, 5) is 26.2. The van der Waals surface area contributed by atoms with Crippen LogP contribution in [0.2, 0.25) is 0 Å². The molecule has 0 amide bonds. The van der Waals surface area contributed by atoms with Crippen molar-refractivity contribution in [3.05, 3.63) is 128 Å². The number of aryl methyl sites for hydroxylation is 4. The van der Waals surface area contributed by atoms with E-state index in [2.05, 4.69) is 9.47 Å². The first kappa shape index (κ1) is 44.0. The number of fused-ring (bicyclic) bond motifs is 2. The van der Waals surface area contributed by atoms with Gasteiger partial charge in [0.15, 0.2) is 0 Å². The summed E-state index contributed by atoms with van der Waals surface area (Å²) < 4.78 is 100. The maximum Gasteiger partial charge on any atom is 0.573 e. The number of hydrogen-bond donors (Lipinski definition) is 1. The molecule has 2 aromatic heterocycles. The van der Waals surface area contributed by atoms with E-state index in [1.54, 1.807) is 48.5 Å². The molecule has 0 saturated heterocycles. The third-order valence-electron chi connectivity index (χ3n) is 10.4. The molecule has 0 atom stereocenters. The maximum absolute atomic E-state index is 13.4. The first-order chi connectivity index (χ1) is 28.6. The first-order valence-electron chi connectivity index (χ1n) is 20.2. The minimum absolute atomic E-state index is 0.0279. The Bertz CT molecular complexity index is 2360. The third kappa shape index (κ3) is 11.8. The number of aliphatic hydroxyl groups is 1. The minimum Gasteiger partial charge on any atom is -0.422 e. The quantitative estimate of drug-likeness (QED) is 0.0523. The van der Waals surface area contributed by atoms with Gasteiger partial charge in [-0.15, -0.1) is 26.3 Å². The second-order valence-corrected chi connectivity index (χ2v) is 15.0. The molecule has 4 aromatic carbocycles. The molecule has 1 N–H and O–H groups in total. The highest BCUT2D eigenvalue weighted by atomic mass is 19.4. The monoisotopic (exact) mass is 836 g/mol. The number of rotatable bonds is 18. The Morgan fingerprint density at radius 3 is 1.28 bits per heavy atom. The van der Waals surface area contributed by atoms with Gasteiger partial charge in [-0.1, -0.05) is 88.1 Å². The van der Waals surface area contributed by atoms with E-state index in [0.29, 0.717) is 60.4 Å². The number of ether oxygens (including phenoxy) is 2. The Balaban J connectivity index is 1.11. The summed E-state index contributed by atoms with van der Waals surface area (Å²) in [5.74, 6) is -0.940. The number of halogens is 6. The van der Waals surface area contributed by atoms with Crippen LogP contribution in [-0.2, 0) is 25.7 Å². The molecule has 0 radical (unpaired) electrons. The van der Waals surface area contributed by atoms with E-state index >= 15 is 0 Å². The van der Waals surface area contributed by atoms with Gasteiger partial charge in [0, 0.05) is 21.9 Å². The van der Waals surface area contributed by atoms with Crippen LogP contribution in [0, 0.1) is 0 Å². The minimum atomic E-state index is -4.96. The summed E-state index contributed by atoms with van der Waals surface area (Å²) in [6.07, 6.45) is -2.52. The molecule has 2 heterocycles. The lowest BCUT2D eigenvalue weighted by Gasteiger charge is -2.15. The molecule has 60 heavy (non-hydrogen) atoms. The van der Waals surface area contributed by atoms with Crippen molar-refractivity contribution >= 4 is 21.9 Å². The molecule has 0 bridgehead atoms. The van der Waals surface area contributed by atoms with Gasteiger partial charge in [0.2, 0.25) is 0 Å². The van der Waals surface area contributed by atoms with E-state index in [1.807, 2.05) is 13.8 Å². The molecule has 6 rings (SSSR count). The number of hydrogen-bond acceptors (Lipinski definition) is 7. The molecule has 7 nitrogen and oxygen atoms in total. The molecule has 0 fully saturated rings. The van der Waals surface area contributed by atoms with E-state index in [9.17, 15) is 41.0 Å². The Morgan fingerprint density at radius 1 is 0.517 bits per heavy atom. The highest BCUT2D eigenvalue weighted by molar-refractivity contribution is 5.85.